The topological polar surface area (TPSA) is 63.8 Å². The molecule has 90 valence electrons. The second-order valence-corrected chi connectivity index (χ2v) is 4.78. The second kappa shape index (κ2) is 5.29. The lowest BCUT2D eigenvalue weighted by atomic mass is 10.1. The quantitative estimate of drug-likeness (QED) is 0.834. The van der Waals surface area contributed by atoms with E-state index >= 15 is 0 Å². The lowest BCUT2D eigenvalue weighted by molar-refractivity contribution is 0.199. The maximum atomic E-state index is 9.49. The largest absolute Gasteiger partial charge is 0.389 e. The van der Waals surface area contributed by atoms with Crippen molar-refractivity contribution in [1.82, 2.24) is 20.2 Å². The van der Waals surface area contributed by atoms with Gasteiger partial charge in [-0.2, -0.15) is 4.80 Å². The van der Waals surface area contributed by atoms with Crippen molar-refractivity contribution >= 4 is 11.8 Å². The molecule has 5 nitrogen and oxygen atoms in total. The SMILES string of the molecule is CC(O)c1cccc(SCc2nnn(C)n2)c1. The number of nitrogens with zero attached hydrogens (tertiary/aromatic N) is 4. The maximum absolute atomic E-state index is 9.49. The van der Waals surface area contributed by atoms with E-state index in [0.717, 1.165) is 10.5 Å². The minimum atomic E-state index is -0.440. The Labute approximate surface area is 104 Å². The molecule has 1 heterocycles. The van der Waals surface area contributed by atoms with Gasteiger partial charge in [-0.3, -0.25) is 0 Å². The summed E-state index contributed by atoms with van der Waals surface area (Å²) < 4.78 is 0. The fourth-order valence-corrected chi connectivity index (χ4v) is 2.20. The monoisotopic (exact) mass is 250 g/mol. The Morgan fingerprint density at radius 3 is 2.94 bits per heavy atom. The molecule has 2 rings (SSSR count). The number of aryl methyl sites for hydroxylation is 1. The average Bonchev–Trinajstić information content (AvgIpc) is 2.73. The fourth-order valence-electron chi connectivity index (χ4n) is 1.39. The van der Waals surface area contributed by atoms with Gasteiger partial charge >= 0.3 is 0 Å². The van der Waals surface area contributed by atoms with Crippen LogP contribution >= 0.6 is 11.8 Å². The Kier molecular flexibility index (Phi) is 3.75. The van der Waals surface area contributed by atoms with E-state index < -0.39 is 6.10 Å². The lowest BCUT2D eigenvalue weighted by Gasteiger charge is -2.06. The first-order valence-electron chi connectivity index (χ1n) is 5.29. The van der Waals surface area contributed by atoms with Gasteiger partial charge in [0.1, 0.15) is 0 Å². The van der Waals surface area contributed by atoms with Crippen LogP contribution in [0.1, 0.15) is 24.4 Å². The Hall–Kier alpha value is -1.40. The Balaban J connectivity index is 2.01. The lowest BCUT2D eigenvalue weighted by Crippen LogP contribution is -1.93. The Morgan fingerprint density at radius 1 is 1.47 bits per heavy atom. The van der Waals surface area contributed by atoms with Gasteiger partial charge in [-0.05, 0) is 29.8 Å². The number of aromatic nitrogens is 4. The molecule has 0 fully saturated rings. The van der Waals surface area contributed by atoms with Gasteiger partial charge in [-0.25, -0.2) is 0 Å². The highest BCUT2D eigenvalue weighted by Gasteiger charge is 2.04. The van der Waals surface area contributed by atoms with Crippen LogP contribution in [0.5, 0.6) is 0 Å². The van der Waals surface area contributed by atoms with Crippen molar-refractivity contribution in [2.45, 2.75) is 23.7 Å². The van der Waals surface area contributed by atoms with E-state index in [9.17, 15) is 5.11 Å². The van der Waals surface area contributed by atoms with Crippen LogP contribution in [-0.4, -0.2) is 25.3 Å². The number of thioether (sulfide) groups is 1. The van der Waals surface area contributed by atoms with Crippen LogP contribution in [0.15, 0.2) is 29.2 Å². The van der Waals surface area contributed by atoms with E-state index in [1.54, 1.807) is 25.7 Å². The first-order chi connectivity index (χ1) is 8.15. The zero-order chi connectivity index (χ0) is 12.3. The molecule has 0 aliphatic carbocycles. The predicted molar refractivity (Wildman–Crippen MR) is 65.4 cm³/mol. The summed E-state index contributed by atoms with van der Waals surface area (Å²) >= 11 is 1.63. The van der Waals surface area contributed by atoms with Crippen molar-refractivity contribution in [2.75, 3.05) is 0 Å². The van der Waals surface area contributed by atoms with Crippen molar-refractivity contribution in [3.8, 4) is 0 Å². The molecule has 0 amide bonds. The molecule has 0 aliphatic heterocycles. The van der Waals surface area contributed by atoms with Crippen molar-refractivity contribution in [3.05, 3.63) is 35.7 Å². The highest BCUT2D eigenvalue weighted by molar-refractivity contribution is 7.98. The van der Waals surface area contributed by atoms with Crippen molar-refractivity contribution in [1.29, 1.82) is 0 Å². The number of hydrogen-bond acceptors (Lipinski definition) is 5. The summed E-state index contributed by atoms with van der Waals surface area (Å²) in [5.74, 6) is 1.39. The minimum absolute atomic E-state index is 0.440. The van der Waals surface area contributed by atoms with Gasteiger partial charge in [0.05, 0.1) is 18.9 Å². The van der Waals surface area contributed by atoms with Crippen LogP contribution in [0.2, 0.25) is 0 Å². The fraction of sp³-hybridized carbons (Fsp3) is 0.364. The van der Waals surface area contributed by atoms with Gasteiger partial charge < -0.3 is 5.11 Å². The summed E-state index contributed by atoms with van der Waals surface area (Å²) in [6.07, 6.45) is -0.440. The van der Waals surface area contributed by atoms with Gasteiger partial charge in [-0.1, -0.05) is 12.1 Å². The third kappa shape index (κ3) is 3.28. The third-order valence-corrected chi connectivity index (χ3v) is 3.25. The third-order valence-electron chi connectivity index (χ3n) is 2.26. The van der Waals surface area contributed by atoms with Crippen LogP contribution in [0.4, 0.5) is 0 Å². The van der Waals surface area contributed by atoms with Gasteiger partial charge in [0, 0.05) is 4.90 Å². The van der Waals surface area contributed by atoms with Gasteiger partial charge in [0.2, 0.25) is 0 Å². The van der Waals surface area contributed by atoms with E-state index in [-0.39, 0.29) is 0 Å². The average molecular weight is 250 g/mol. The summed E-state index contributed by atoms with van der Waals surface area (Å²) in [5.41, 5.74) is 0.919. The highest BCUT2D eigenvalue weighted by atomic mass is 32.2. The minimum Gasteiger partial charge on any atom is -0.389 e. The molecular weight excluding hydrogens is 236 g/mol. The van der Waals surface area contributed by atoms with Crippen molar-refractivity contribution < 1.29 is 5.11 Å². The Bertz CT molecular complexity index is 498. The number of tetrazole rings is 1. The molecule has 1 aromatic heterocycles. The molecule has 0 radical (unpaired) electrons. The summed E-state index contributed by atoms with van der Waals surface area (Å²) in [4.78, 5) is 2.54. The summed E-state index contributed by atoms with van der Waals surface area (Å²) in [5, 5.41) is 21.3. The van der Waals surface area contributed by atoms with Gasteiger partial charge in [-0.15, -0.1) is 22.0 Å². The second-order valence-electron chi connectivity index (χ2n) is 3.73. The molecule has 0 aliphatic rings. The van der Waals surface area contributed by atoms with E-state index in [4.69, 9.17) is 0 Å². The molecule has 2 aromatic rings. The number of aliphatic hydroxyl groups excluding tert-OH is 1. The Morgan fingerprint density at radius 2 is 2.29 bits per heavy atom. The molecule has 1 N–H and O–H groups in total. The highest BCUT2D eigenvalue weighted by Crippen LogP contribution is 2.24. The van der Waals surface area contributed by atoms with Crippen LogP contribution in [-0.2, 0) is 12.8 Å². The normalized spacial score (nSPS) is 12.6. The number of aliphatic hydroxyl groups is 1. The molecule has 0 spiro atoms. The number of rotatable bonds is 4. The zero-order valence-corrected chi connectivity index (χ0v) is 10.6. The molecule has 1 atom stereocenters. The smallest absolute Gasteiger partial charge is 0.184 e. The van der Waals surface area contributed by atoms with Crippen LogP contribution in [0.25, 0.3) is 0 Å². The summed E-state index contributed by atoms with van der Waals surface area (Å²) in [7, 11) is 1.75. The van der Waals surface area contributed by atoms with Crippen LogP contribution < -0.4 is 0 Å². The maximum Gasteiger partial charge on any atom is 0.184 e. The van der Waals surface area contributed by atoms with Crippen molar-refractivity contribution in [3.63, 3.8) is 0 Å². The van der Waals surface area contributed by atoms with Crippen LogP contribution in [0, 0.1) is 0 Å². The van der Waals surface area contributed by atoms with E-state index in [1.807, 2.05) is 24.3 Å². The van der Waals surface area contributed by atoms with E-state index in [0.29, 0.717) is 11.6 Å². The number of benzene rings is 1. The van der Waals surface area contributed by atoms with E-state index in [2.05, 4.69) is 15.4 Å². The van der Waals surface area contributed by atoms with Crippen LogP contribution in [0.3, 0.4) is 0 Å². The summed E-state index contributed by atoms with van der Waals surface area (Å²) in [6.45, 7) is 1.76. The molecule has 1 unspecified atom stereocenters. The van der Waals surface area contributed by atoms with Crippen molar-refractivity contribution in [2.24, 2.45) is 7.05 Å². The van der Waals surface area contributed by atoms with E-state index in [1.165, 1.54) is 4.80 Å². The summed E-state index contributed by atoms with van der Waals surface area (Å²) in [6, 6.07) is 7.84. The standard InChI is InChI=1S/C11H14N4OS/c1-8(16)9-4-3-5-10(6-9)17-7-11-12-14-15(2)13-11/h3-6,8,16H,7H2,1-2H3. The zero-order valence-electron chi connectivity index (χ0n) is 9.74. The van der Waals surface area contributed by atoms with Gasteiger partial charge in [0.15, 0.2) is 5.82 Å². The molecule has 0 bridgehead atoms. The first kappa shape index (κ1) is 12.1. The molecule has 0 saturated carbocycles. The molecule has 0 saturated heterocycles. The first-order valence-corrected chi connectivity index (χ1v) is 6.27. The van der Waals surface area contributed by atoms with Gasteiger partial charge in [0.25, 0.3) is 0 Å². The molecular formula is C11H14N4OS. The predicted octanol–water partition coefficient (Wildman–Crippen LogP) is 1.56. The molecule has 6 heteroatoms. The molecule has 17 heavy (non-hydrogen) atoms. The number of hydrogen-bond donors (Lipinski definition) is 1. The molecule has 1 aromatic carbocycles.